The maximum atomic E-state index is 6.01. The van der Waals surface area contributed by atoms with E-state index in [1.165, 1.54) is 6.42 Å². The fourth-order valence-corrected chi connectivity index (χ4v) is 2.26. The third-order valence-corrected chi connectivity index (χ3v) is 3.31. The molecule has 1 heterocycles. The number of hydrogen-bond donors (Lipinski definition) is 2. The minimum atomic E-state index is 0.737. The van der Waals surface area contributed by atoms with Crippen LogP contribution < -0.4 is 15.4 Å². The van der Waals surface area contributed by atoms with Crippen molar-refractivity contribution in [3.05, 3.63) is 28.8 Å². The van der Waals surface area contributed by atoms with Crippen molar-refractivity contribution in [1.82, 2.24) is 10.6 Å². The molecule has 104 valence electrons. The molecule has 0 radical (unpaired) electrons. The summed E-state index contributed by atoms with van der Waals surface area (Å²) in [5, 5.41) is 7.35. The highest BCUT2D eigenvalue weighted by Gasteiger charge is 2.05. The van der Waals surface area contributed by atoms with Gasteiger partial charge in [-0.15, -0.1) is 0 Å². The normalized spacial score (nSPS) is 15.2. The molecule has 0 amide bonds. The molecule has 0 spiro atoms. The summed E-state index contributed by atoms with van der Waals surface area (Å²) in [4.78, 5) is 4.45. The summed E-state index contributed by atoms with van der Waals surface area (Å²) in [6, 6.07) is 5.69. The van der Waals surface area contributed by atoms with Gasteiger partial charge in [-0.1, -0.05) is 11.6 Å². The van der Waals surface area contributed by atoms with Crippen molar-refractivity contribution in [3.8, 4) is 5.75 Å². The molecule has 4 nitrogen and oxygen atoms in total. The average Bonchev–Trinajstić information content (AvgIpc) is 2.68. The molecular weight excluding hydrogens is 262 g/mol. The molecule has 0 atom stereocenters. The standard InChI is InChI=1S/C14H20ClN3O/c1-19-13-5-4-12(15)10-11(13)6-9-18-14-16-7-2-3-8-17-14/h4-5,10H,2-3,6-9H2,1H3,(H2,16,17,18). The third kappa shape index (κ3) is 4.31. The number of hydrogen-bond acceptors (Lipinski definition) is 4. The molecule has 1 aliphatic rings. The first-order valence-corrected chi connectivity index (χ1v) is 7.02. The molecule has 0 fully saturated rings. The van der Waals surface area contributed by atoms with Crippen LogP contribution in [0, 0.1) is 0 Å². The number of nitrogens with zero attached hydrogens (tertiary/aromatic N) is 1. The predicted octanol–water partition coefficient (Wildman–Crippen LogP) is 2.22. The van der Waals surface area contributed by atoms with E-state index in [0.717, 1.165) is 54.8 Å². The lowest BCUT2D eigenvalue weighted by Gasteiger charge is -2.12. The van der Waals surface area contributed by atoms with Gasteiger partial charge in [-0.3, -0.25) is 4.99 Å². The molecule has 5 heteroatoms. The van der Waals surface area contributed by atoms with Gasteiger partial charge in [0.05, 0.1) is 7.11 Å². The van der Waals surface area contributed by atoms with Gasteiger partial charge in [-0.2, -0.15) is 0 Å². The minimum absolute atomic E-state index is 0.737. The van der Waals surface area contributed by atoms with Crippen LogP contribution in [-0.2, 0) is 6.42 Å². The maximum absolute atomic E-state index is 6.01. The summed E-state index contributed by atoms with van der Waals surface area (Å²) in [6.07, 6.45) is 3.18. The van der Waals surface area contributed by atoms with Crippen molar-refractivity contribution in [2.75, 3.05) is 26.7 Å². The van der Waals surface area contributed by atoms with Crippen LogP contribution in [0.25, 0.3) is 0 Å². The predicted molar refractivity (Wildman–Crippen MR) is 79.2 cm³/mol. The van der Waals surface area contributed by atoms with Crippen molar-refractivity contribution in [2.24, 2.45) is 4.99 Å². The van der Waals surface area contributed by atoms with Gasteiger partial charge in [0.15, 0.2) is 5.96 Å². The van der Waals surface area contributed by atoms with Crippen LogP contribution in [0.5, 0.6) is 5.75 Å². The Kier molecular flexibility index (Phi) is 5.33. The highest BCUT2D eigenvalue weighted by molar-refractivity contribution is 6.30. The first-order valence-electron chi connectivity index (χ1n) is 6.64. The second-order valence-electron chi connectivity index (χ2n) is 4.50. The molecule has 1 aliphatic heterocycles. The molecule has 2 N–H and O–H groups in total. The maximum Gasteiger partial charge on any atom is 0.191 e. The van der Waals surface area contributed by atoms with E-state index >= 15 is 0 Å². The topological polar surface area (TPSA) is 45.6 Å². The number of rotatable bonds is 4. The Morgan fingerprint density at radius 2 is 2.32 bits per heavy atom. The van der Waals surface area contributed by atoms with Crippen molar-refractivity contribution >= 4 is 17.6 Å². The fraction of sp³-hybridized carbons (Fsp3) is 0.500. The van der Waals surface area contributed by atoms with E-state index in [9.17, 15) is 0 Å². The number of halogens is 1. The van der Waals surface area contributed by atoms with Gasteiger partial charge in [0, 0.05) is 24.7 Å². The molecule has 0 aromatic heterocycles. The van der Waals surface area contributed by atoms with Gasteiger partial charge in [-0.05, 0) is 43.0 Å². The smallest absolute Gasteiger partial charge is 0.191 e. The molecule has 0 aliphatic carbocycles. The van der Waals surface area contributed by atoms with E-state index in [4.69, 9.17) is 16.3 Å². The van der Waals surface area contributed by atoms with Gasteiger partial charge in [0.1, 0.15) is 5.75 Å². The van der Waals surface area contributed by atoms with Crippen LogP contribution in [0.1, 0.15) is 18.4 Å². The number of nitrogens with one attached hydrogen (secondary N) is 2. The zero-order valence-corrected chi connectivity index (χ0v) is 12.0. The van der Waals surface area contributed by atoms with Crippen LogP contribution in [0.15, 0.2) is 23.2 Å². The van der Waals surface area contributed by atoms with Gasteiger partial charge >= 0.3 is 0 Å². The Morgan fingerprint density at radius 1 is 1.42 bits per heavy atom. The molecular formula is C14H20ClN3O. The van der Waals surface area contributed by atoms with Crippen LogP contribution in [-0.4, -0.2) is 32.7 Å². The summed E-state index contributed by atoms with van der Waals surface area (Å²) in [5.74, 6) is 1.78. The van der Waals surface area contributed by atoms with Gasteiger partial charge in [0.25, 0.3) is 0 Å². The Labute approximate surface area is 119 Å². The molecule has 19 heavy (non-hydrogen) atoms. The minimum Gasteiger partial charge on any atom is -0.496 e. The lowest BCUT2D eigenvalue weighted by atomic mass is 10.1. The highest BCUT2D eigenvalue weighted by Crippen LogP contribution is 2.22. The fourth-order valence-electron chi connectivity index (χ4n) is 2.07. The van der Waals surface area contributed by atoms with E-state index < -0.39 is 0 Å². The van der Waals surface area contributed by atoms with Gasteiger partial charge in [-0.25, -0.2) is 0 Å². The quantitative estimate of drug-likeness (QED) is 0.890. The highest BCUT2D eigenvalue weighted by atomic mass is 35.5. The summed E-state index contributed by atoms with van der Waals surface area (Å²) in [7, 11) is 1.68. The largest absolute Gasteiger partial charge is 0.496 e. The molecule has 1 aromatic rings. The first kappa shape index (κ1) is 14.0. The Bertz CT molecular complexity index is 448. The number of ether oxygens (including phenoxy) is 1. The van der Waals surface area contributed by atoms with Crippen LogP contribution >= 0.6 is 11.6 Å². The summed E-state index contributed by atoms with van der Waals surface area (Å²) < 4.78 is 5.33. The van der Waals surface area contributed by atoms with E-state index in [-0.39, 0.29) is 0 Å². The van der Waals surface area contributed by atoms with E-state index in [1.807, 2.05) is 18.2 Å². The number of guanidine groups is 1. The number of methoxy groups -OCH3 is 1. The monoisotopic (exact) mass is 281 g/mol. The van der Waals surface area contributed by atoms with Crippen LogP contribution in [0.2, 0.25) is 5.02 Å². The number of aliphatic imine (C=N–C) groups is 1. The van der Waals surface area contributed by atoms with Crippen LogP contribution in [0.4, 0.5) is 0 Å². The Morgan fingerprint density at radius 3 is 3.16 bits per heavy atom. The molecule has 1 aromatic carbocycles. The van der Waals surface area contributed by atoms with Gasteiger partial charge in [0.2, 0.25) is 0 Å². The van der Waals surface area contributed by atoms with Crippen LogP contribution in [0.3, 0.4) is 0 Å². The second kappa shape index (κ2) is 7.24. The number of benzene rings is 1. The Hall–Kier alpha value is -1.42. The zero-order chi connectivity index (χ0) is 13.5. The molecule has 0 saturated heterocycles. The summed E-state index contributed by atoms with van der Waals surface area (Å²) in [5.41, 5.74) is 1.11. The lowest BCUT2D eigenvalue weighted by Crippen LogP contribution is -2.38. The Balaban J connectivity index is 1.88. The molecule has 0 unspecified atom stereocenters. The second-order valence-corrected chi connectivity index (χ2v) is 4.93. The third-order valence-electron chi connectivity index (χ3n) is 3.08. The first-order chi connectivity index (χ1) is 9.29. The van der Waals surface area contributed by atoms with Crippen molar-refractivity contribution < 1.29 is 4.74 Å². The zero-order valence-electron chi connectivity index (χ0n) is 11.2. The van der Waals surface area contributed by atoms with E-state index in [1.54, 1.807) is 7.11 Å². The van der Waals surface area contributed by atoms with Crippen molar-refractivity contribution in [3.63, 3.8) is 0 Å². The van der Waals surface area contributed by atoms with E-state index in [0.29, 0.717) is 0 Å². The van der Waals surface area contributed by atoms with Crippen molar-refractivity contribution in [1.29, 1.82) is 0 Å². The lowest BCUT2D eigenvalue weighted by molar-refractivity contribution is 0.409. The summed E-state index contributed by atoms with van der Waals surface area (Å²) in [6.45, 7) is 2.70. The summed E-state index contributed by atoms with van der Waals surface area (Å²) >= 11 is 6.01. The van der Waals surface area contributed by atoms with Crippen molar-refractivity contribution in [2.45, 2.75) is 19.3 Å². The van der Waals surface area contributed by atoms with E-state index in [2.05, 4.69) is 15.6 Å². The van der Waals surface area contributed by atoms with Gasteiger partial charge < -0.3 is 15.4 Å². The molecule has 2 rings (SSSR count). The average molecular weight is 282 g/mol. The molecule has 0 bridgehead atoms. The SMILES string of the molecule is COc1ccc(Cl)cc1CCNC1=NCCCCN1. The molecule has 0 saturated carbocycles.